The van der Waals surface area contributed by atoms with Crippen LogP contribution in [0, 0.1) is 0 Å². The summed E-state index contributed by atoms with van der Waals surface area (Å²) < 4.78 is 0. The minimum absolute atomic E-state index is 0.314. The fourth-order valence-corrected chi connectivity index (χ4v) is 2.27. The van der Waals surface area contributed by atoms with Crippen LogP contribution in [0.1, 0.15) is 56.2 Å². The molecule has 1 fully saturated rings. The highest BCUT2D eigenvalue weighted by atomic mass is 16.3. The van der Waals surface area contributed by atoms with Gasteiger partial charge in [0.1, 0.15) is 5.75 Å². The second-order valence-electron chi connectivity index (χ2n) is 5.08. The molecule has 0 aromatic heterocycles. The summed E-state index contributed by atoms with van der Waals surface area (Å²) in [6.07, 6.45) is 2.34. The molecule has 0 saturated heterocycles. The second-order valence-corrected chi connectivity index (χ2v) is 5.08. The van der Waals surface area contributed by atoms with Crippen LogP contribution in [0.15, 0.2) is 12.1 Å². The molecule has 88 valence electrons. The lowest BCUT2D eigenvalue weighted by Crippen LogP contribution is -2.11. The quantitative estimate of drug-likeness (QED) is 0.822. The third-order valence-corrected chi connectivity index (χ3v) is 3.49. The number of aliphatic hydroxyl groups is 1. The molecule has 2 N–H and O–H groups in total. The molecule has 0 unspecified atom stereocenters. The van der Waals surface area contributed by atoms with Crippen molar-refractivity contribution in [2.75, 3.05) is 0 Å². The highest BCUT2D eigenvalue weighted by Gasteiger charge is 2.46. The normalized spacial score (nSPS) is 17.8. The van der Waals surface area contributed by atoms with Crippen molar-refractivity contribution < 1.29 is 10.2 Å². The number of hydrogen-bond donors (Lipinski definition) is 2. The number of phenolic OH excluding ortho intramolecular Hbond substituents is 1. The summed E-state index contributed by atoms with van der Waals surface area (Å²) in [6.45, 7) is 6.20. The Kier molecular flexibility index (Phi) is 2.70. The average molecular weight is 220 g/mol. The first kappa shape index (κ1) is 11.5. The second kappa shape index (κ2) is 3.77. The van der Waals surface area contributed by atoms with E-state index in [1.54, 1.807) is 0 Å². The summed E-state index contributed by atoms with van der Waals surface area (Å²) in [5, 5.41) is 20.5. The number of aromatic hydroxyl groups is 1. The molecule has 0 amide bonds. The van der Waals surface area contributed by atoms with Gasteiger partial charge in [-0.05, 0) is 36.3 Å². The van der Waals surface area contributed by atoms with Crippen LogP contribution in [0.3, 0.4) is 0 Å². The SMILES string of the molecule is CCc1ccc(C(C)C)c(C2(O)CC2)c1O. The highest BCUT2D eigenvalue weighted by molar-refractivity contribution is 5.51. The van der Waals surface area contributed by atoms with Gasteiger partial charge >= 0.3 is 0 Å². The summed E-state index contributed by atoms with van der Waals surface area (Å²) in [5.41, 5.74) is 2.03. The van der Waals surface area contributed by atoms with Crippen LogP contribution in [0.5, 0.6) is 5.75 Å². The number of benzene rings is 1. The first-order valence-electron chi connectivity index (χ1n) is 6.07. The minimum Gasteiger partial charge on any atom is -0.507 e. The minimum atomic E-state index is -0.755. The van der Waals surface area contributed by atoms with Crippen molar-refractivity contribution in [2.45, 2.75) is 51.6 Å². The molecule has 2 nitrogen and oxygen atoms in total. The molecule has 1 aliphatic carbocycles. The molecule has 0 atom stereocenters. The summed E-state index contributed by atoms with van der Waals surface area (Å²) in [6, 6.07) is 4.02. The molecule has 1 aromatic rings. The summed E-state index contributed by atoms with van der Waals surface area (Å²) in [5.74, 6) is 0.644. The van der Waals surface area contributed by atoms with E-state index in [1.165, 1.54) is 0 Å². The van der Waals surface area contributed by atoms with Gasteiger partial charge in [0.15, 0.2) is 0 Å². The zero-order valence-corrected chi connectivity index (χ0v) is 10.2. The van der Waals surface area contributed by atoms with Crippen LogP contribution >= 0.6 is 0 Å². The van der Waals surface area contributed by atoms with Crippen molar-refractivity contribution in [2.24, 2.45) is 0 Å². The maximum absolute atomic E-state index is 10.3. The van der Waals surface area contributed by atoms with Gasteiger partial charge in [0, 0.05) is 5.56 Å². The van der Waals surface area contributed by atoms with Gasteiger partial charge in [-0.3, -0.25) is 0 Å². The molecule has 1 aliphatic rings. The first-order valence-corrected chi connectivity index (χ1v) is 6.07. The Labute approximate surface area is 96.9 Å². The van der Waals surface area contributed by atoms with E-state index in [2.05, 4.69) is 19.9 Å². The smallest absolute Gasteiger partial charge is 0.125 e. The molecular formula is C14H20O2. The fourth-order valence-electron chi connectivity index (χ4n) is 2.27. The third kappa shape index (κ3) is 1.71. The monoisotopic (exact) mass is 220 g/mol. The van der Waals surface area contributed by atoms with Crippen molar-refractivity contribution in [3.8, 4) is 5.75 Å². The molecule has 0 aliphatic heterocycles. The first-order chi connectivity index (χ1) is 7.49. The molecule has 2 rings (SSSR count). The van der Waals surface area contributed by atoms with Crippen LogP contribution in [0.2, 0.25) is 0 Å². The number of rotatable bonds is 3. The van der Waals surface area contributed by atoms with E-state index in [-0.39, 0.29) is 0 Å². The lowest BCUT2D eigenvalue weighted by atomic mass is 9.89. The van der Waals surface area contributed by atoms with E-state index in [0.29, 0.717) is 11.7 Å². The van der Waals surface area contributed by atoms with E-state index in [1.807, 2.05) is 13.0 Å². The van der Waals surface area contributed by atoms with Crippen LogP contribution in [0.4, 0.5) is 0 Å². The maximum Gasteiger partial charge on any atom is 0.125 e. The van der Waals surface area contributed by atoms with Crippen molar-refractivity contribution in [1.29, 1.82) is 0 Å². The molecular weight excluding hydrogens is 200 g/mol. The maximum atomic E-state index is 10.3. The molecule has 16 heavy (non-hydrogen) atoms. The largest absolute Gasteiger partial charge is 0.507 e. The van der Waals surface area contributed by atoms with Gasteiger partial charge in [-0.15, -0.1) is 0 Å². The van der Waals surface area contributed by atoms with Crippen LogP contribution < -0.4 is 0 Å². The standard InChI is InChI=1S/C14H20O2/c1-4-10-5-6-11(9(2)3)12(13(10)15)14(16)7-8-14/h5-6,9,15-16H,4,7-8H2,1-3H3. The van der Waals surface area contributed by atoms with Gasteiger partial charge in [-0.25, -0.2) is 0 Å². The lowest BCUT2D eigenvalue weighted by Gasteiger charge is -2.20. The van der Waals surface area contributed by atoms with Crippen LogP contribution in [0.25, 0.3) is 0 Å². The molecule has 0 bridgehead atoms. The number of phenols is 1. The van der Waals surface area contributed by atoms with E-state index in [4.69, 9.17) is 0 Å². The van der Waals surface area contributed by atoms with Crippen molar-refractivity contribution in [3.63, 3.8) is 0 Å². The predicted molar refractivity (Wildman–Crippen MR) is 64.7 cm³/mol. The molecule has 0 radical (unpaired) electrons. The summed E-state index contributed by atoms with van der Waals surface area (Å²) in [4.78, 5) is 0. The van der Waals surface area contributed by atoms with Crippen molar-refractivity contribution in [3.05, 3.63) is 28.8 Å². The highest BCUT2D eigenvalue weighted by Crippen LogP contribution is 2.52. The van der Waals surface area contributed by atoms with Gasteiger partial charge in [0.2, 0.25) is 0 Å². The zero-order chi connectivity index (χ0) is 11.9. The molecule has 0 spiro atoms. The van der Waals surface area contributed by atoms with Crippen LogP contribution in [-0.2, 0) is 12.0 Å². The van der Waals surface area contributed by atoms with E-state index in [0.717, 1.165) is 36.0 Å². The Morgan fingerprint density at radius 2 is 1.94 bits per heavy atom. The summed E-state index contributed by atoms with van der Waals surface area (Å²) in [7, 11) is 0. The lowest BCUT2D eigenvalue weighted by molar-refractivity contribution is 0.146. The van der Waals surface area contributed by atoms with Gasteiger partial charge < -0.3 is 10.2 Å². The Bertz CT molecular complexity index is 403. The van der Waals surface area contributed by atoms with E-state index >= 15 is 0 Å². The molecule has 1 saturated carbocycles. The predicted octanol–water partition coefficient (Wildman–Crippen LogP) is 3.06. The fraction of sp³-hybridized carbons (Fsp3) is 0.571. The number of aryl methyl sites for hydroxylation is 1. The van der Waals surface area contributed by atoms with Crippen LogP contribution in [-0.4, -0.2) is 10.2 Å². The summed E-state index contributed by atoms with van der Waals surface area (Å²) >= 11 is 0. The Morgan fingerprint density at radius 1 is 1.31 bits per heavy atom. The molecule has 1 aromatic carbocycles. The Hall–Kier alpha value is -1.02. The molecule has 2 heteroatoms. The van der Waals surface area contributed by atoms with Gasteiger partial charge in [-0.1, -0.05) is 32.9 Å². The Morgan fingerprint density at radius 3 is 2.38 bits per heavy atom. The number of hydrogen-bond acceptors (Lipinski definition) is 2. The van der Waals surface area contributed by atoms with E-state index in [9.17, 15) is 10.2 Å². The average Bonchev–Trinajstić information content (AvgIpc) is 2.96. The van der Waals surface area contributed by atoms with Gasteiger partial charge in [0.05, 0.1) is 5.60 Å². The topological polar surface area (TPSA) is 40.5 Å². The van der Waals surface area contributed by atoms with Crippen molar-refractivity contribution in [1.82, 2.24) is 0 Å². The van der Waals surface area contributed by atoms with E-state index < -0.39 is 5.60 Å². The molecule has 0 heterocycles. The van der Waals surface area contributed by atoms with Gasteiger partial charge in [-0.2, -0.15) is 0 Å². The zero-order valence-electron chi connectivity index (χ0n) is 10.2. The van der Waals surface area contributed by atoms with Crippen molar-refractivity contribution >= 4 is 0 Å². The third-order valence-electron chi connectivity index (χ3n) is 3.49. The van der Waals surface area contributed by atoms with Gasteiger partial charge in [0.25, 0.3) is 0 Å². The Balaban J connectivity index is 2.60.